The Labute approximate surface area is 118 Å². The summed E-state index contributed by atoms with van der Waals surface area (Å²) in [5.74, 6) is 0. The van der Waals surface area contributed by atoms with Crippen LogP contribution in [-0.2, 0) is 0 Å². The molecular formula is C15H21N3S. The summed E-state index contributed by atoms with van der Waals surface area (Å²) in [6, 6.07) is 9.64. The number of hydrogen-bond donors (Lipinski definition) is 1. The van der Waals surface area contributed by atoms with Crippen molar-refractivity contribution in [1.29, 1.82) is 0 Å². The average Bonchev–Trinajstić information content (AvgIpc) is 3.02. The predicted molar refractivity (Wildman–Crippen MR) is 83.1 cm³/mol. The molecule has 2 aromatic rings. The maximum Gasteiger partial charge on any atom is 0.120 e. The zero-order valence-electron chi connectivity index (χ0n) is 11.6. The Kier molecular flexibility index (Phi) is 3.71. The van der Waals surface area contributed by atoms with Gasteiger partial charge in [-0.3, -0.25) is 0 Å². The van der Waals surface area contributed by atoms with Gasteiger partial charge in [-0.05, 0) is 36.5 Å². The number of rotatable bonds is 4. The smallest absolute Gasteiger partial charge is 0.120 e. The summed E-state index contributed by atoms with van der Waals surface area (Å²) in [5, 5.41) is 6.23. The maximum absolute atomic E-state index is 4.57. The van der Waals surface area contributed by atoms with Crippen LogP contribution in [-0.4, -0.2) is 29.5 Å². The second-order valence-electron chi connectivity index (χ2n) is 5.56. The van der Waals surface area contributed by atoms with Crippen LogP contribution >= 0.6 is 11.5 Å². The zero-order chi connectivity index (χ0) is 13.2. The van der Waals surface area contributed by atoms with Gasteiger partial charge in [-0.15, -0.1) is 0 Å². The van der Waals surface area contributed by atoms with Crippen LogP contribution in [0.4, 0.5) is 5.00 Å². The van der Waals surface area contributed by atoms with E-state index in [4.69, 9.17) is 0 Å². The van der Waals surface area contributed by atoms with Crippen LogP contribution in [0.2, 0.25) is 0 Å². The van der Waals surface area contributed by atoms with E-state index >= 15 is 0 Å². The van der Waals surface area contributed by atoms with E-state index in [2.05, 4.69) is 52.7 Å². The Balaban J connectivity index is 1.84. The van der Waals surface area contributed by atoms with Crippen molar-refractivity contribution < 1.29 is 0 Å². The molecule has 19 heavy (non-hydrogen) atoms. The normalized spacial score (nSPS) is 19.7. The minimum absolute atomic E-state index is 0.556. The summed E-state index contributed by atoms with van der Waals surface area (Å²) in [4.78, 5) is 2.55. The standard InChI is InChI=1S/C15H21N3S/c1-11(2)16-10-12-6-5-9-18(12)15-13-7-3-4-8-14(13)17-19-15/h3-4,7-8,11-12,16H,5-6,9-10H2,1-2H3. The van der Waals surface area contributed by atoms with Gasteiger partial charge in [-0.2, -0.15) is 4.37 Å². The lowest BCUT2D eigenvalue weighted by molar-refractivity contribution is 0.525. The second-order valence-corrected chi connectivity index (χ2v) is 6.31. The fourth-order valence-electron chi connectivity index (χ4n) is 2.77. The van der Waals surface area contributed by atoms with Gasteiger partial charge in [0.05, 0.1) is 5.52 Å². The number of hydrogen-bond acceptors (Lipinski definition) is 4. The van der Waals surface area contributed by atoms with E-state index in [1.54, 1.807) is 11.5 Å². The Bertz CT molecular complexity index is 549. The molecule has 102 valence electrons. The van der Waals surface area contributed by atoms with Gasteiger partial charge in [0, 0.05) is 30.6 Å². The Morgan fingerprint density at radius 2 is 2.26 bits per heavy atom. The van der Waals surface area contributed by atoms with E-state index in [1.165, 1.54) is 23.2 Å². The van der Waals surface area contributed by atoms with Crippen molar-refractivity contribution in [3.8, 4) is 0 Å². The van der Waals surface area contributed by atoms with Gasteiger partial charge in [-0.1, -0.05) is 26.0 Å². The molecule has 0 bridgehead atoms. The Morgan fingerprint density at radius 3 is 3.11 bits per heavy atom. The molecule has 1 N–H and O–H groups in total. The van der Waals surface area contributed by atoms with Crippen LogP contribution < -0.4 is 10.2 Å². The van der Waals surface area contributed by atoms with Gasteiger partial charge < -0.3 is 10.2 Å². The zero-order valence-corrected chi connectivity index (χ0v) is 12.4. The van der Waals surface area contributed by atoms with E-state index < -0.39 is 0 Å². The molecule has 4 heteroatoms. The van der Waals surface area contributed by atoms with Crippen molar-refractivity contribution in [2.75, 3.05) is 18.0 Å². The van der Waals surface area contributed by atoms with E-state index in [0.717, 1.165) is 18.6 Å². The van der Waals surface area contributed by atoms with E-state index in [1.807, 2.05) is 0 Å². The number of nitrogens with one attached hydrogen (secondary N) is 1. The van der Waals surface area contributed by atoms with Gasteiger partial charge in [0.1, 0.15) is 5.00 Å². The van der Waals surface area contributed by atoms with Gasteiger partial charge in [0.25, 0.3) is 0 Å². The maximum atomic E-state index is 4.57. The molecule has 1 aromatic carbocycles. The van der Waals surface area contributed by atoms with E-state index in [9.17, 15) is 0 Å². The average molecular weight is 275 g/mol. The highest BCUT2D eigenvalue weighted by molar-refractivity contribution is 7.11. The first kappa shape index (κ1) is 12.9. The molecule has 1 aromatic heterocycles. The minimum atomic E-state index is 0.556. The monoisotopic (exact) mass is 275 g/mol. The lowest BCUT2D eigenvalue weighted by Crippen LogP contribution is -2.40. The third-order valence-electron chi connectivity index (χ3n) is 3.76. The summed E-state index contributed by atoms with van der Waals surface area (Å²) in [5.41, 5.74) is 1.13. The van der Waals surface area contributed by atoms with Crippen LogP contribution in [0, 0.1) is 0 Å². The molecule has 3 nitrogen and oxygen atoms in total. The van der Waals surface area contributed by atoms with Crippen LogP contribution in [0.3, 0.4) is 0 Å². The third-order valence-corrected chi connectivity index (χ3v) is 4.68. The summed E-state index contributed by atoms with van der Waals surface area (Å²) < 4.78 is 4.57. The molecule has 1 unspecified atom stereocenters. The largest absolute Gasteiger partial charge is 0.357 e. The van der Waals surface area contributed by atoms with Crippen molar-refractivity contribution in [3.63, 3.8) is 0 Å². The molecule has 2 heterocycles. The summed E-state index contributed by atoms with van der Waals surface area (Å²) in [6.07, 6.45) is 2.57. The topological polar surface area (TPSA) is 28.2 Å². The molecule has 1 aliphatic heterocycles. The number of anilines is 1. The fourth-order valence-corrected chi connectivity index (χ4v) is 3.73. The number of aromatic nitrogens is 1. The summed E-state index contributed by atoms with van der Waals surface area (Å²) >= 11 is 1.65. The molecule has 0 amide bonds. The number of nitrogens with zero attached hydrogens (tertiary/aromatic N) is 2. The van der Waals surface area contributed by atoms with E-state index in [0.29, 0.717) is 12.1 Å². The van der Waals surface area contributed by atoms with Crippen LogP contribution in [0.5, 0.6) is 0 Å². The molecule has 0 saturated carbocycles. The van der Waals surface area contributed by atoms with Gasteiger partial charge in [0.15, 0.2) is 0 Å². The molecule has 1 aliphatic rings. The lowest BCUT2D eigenvalue weighted by Gasteiger charge is -2.26. The Hall–Kier alpha value is -1.13. The van der Waals surface area contributed by atoms with Crippen molar-refractivity contribution in [2.24, 2.45) is 0 Å². The quantitative estimate of drug-likeness (QED) is 0.928. The summed E-state index contributed by atoms with van der Waals surface area (Å²) in [6.45, 7) is 6.66. The molecule has 1 saturated heterocycles. The van der Waals surface area contributed by atoms with Crippen LogP contribution in [0.25, 0.3) is 10.9 Å². The Morgan fingerprint density at radius 1 is 1.42 bits per heavy atom. The van der Waals surface area contributed by atoms with Crippen molar-refractivity contribution in [2.45, 2.75) is 38.8 Å². The second kappa shape index (κ2) is 5.47. The first-order valence-electron chi connectivity index (χ1n) is 7.10. The molecule has 1 fully saturated rings. The molecule has 3 rings (SSSR count). The highest BCUT2D eigenvalue weighted by Gasteiger charge is 2.27. The molecular weight excluding hydrogens is 254 g/mol. The minimum Gasteiger partial charge on any atom is -0.357 e. The lowest BCUT2D eigenvalue weighted by atomic mass is 10.2. The number of benzene rings is 1. The highest BCUT2D eigenvalue weighted by atomic mass is 32.1. The fraction of sp³-hybridized carbons (Fsp3) is 0.533. The molecule has 0 radical (unpaired) electrons. The van der Waals surface area contributed by atoms with Crippen molar-refractivity contribution in [3.05, 3.63) is 24.3 Å². The number of fused-ring (bicyclic) bond motifs is 1. The first-order chi connectivity index (χ1) is 9.25. The van der Waals surface area contributed by atoms with Crippen molar-refractivity contribution >= 4 is 27.4 Å². The highest BCUT2D eigenvalue weighted by Crippen LogP contribution is 2.35. The molecule has 0 spiro atoms. The van der Waals surface area contributed by atoms with Crippen molar-refractivity contribution in [1.82, 2.24) is 9.69 Å². The SMILES string of the molecule is CC(C)NCC1CCCN1c1snc2ccccc12. The van der Waals surface area contributed by atoms with Gasteiger partial charge in [0.2, 0.25) is 0 Å². The van der Waals surface area contributed by atoms with Gasteiger partial charge in [-0.25, -0.2) is 0 Å². The van der Waals surface area contributed by atoms with Crippen LogP contribution in [0.15, 0.2) is 24.3 Å². The molecule has 1 atom stereocenters. The van der Waals surface area contributed by atoms with E-state index in [-0.39, 0.29) is 0 Å². The van der Waals surface area contributed by atoms with Crippen LogP contribution in [0.1, 0.15) is 26.7 Å². The summed E-state index contributed by atoms with van der Waals surface area (Å²) in [7, 11) is 0. The molecule has 0 aliphatic carbocycles. The predicted octanol–water partition coefficient (Wildman–Crippen LogP) is 3.26. The van der Waals surface area contributed by atoms with Gasteiger partial charge >= 0.3 is 0 Å². The third kappa shape index (κ3) is 2.60. The first-order valence-corrected chi connectivity index (χ1v) is 7.87.